The van der Waals surface area contributed by atoms with Gasteiger partial charge in [0, 0.05) is 18.1 Å². The second-order valence-electron chi connectivity index (χ2n) is 8.75. The molecule has 31 heavy (non-hydrogen) atoms. The lowest BCUT2D eigenvalue weighted by Gasteiger charge is -2.19. The highest BCUT2D eigenvalue weighted by Crippen LogP contribution is 2.47. The normalized spacial score (nSPS) is 20.5. The number of aromatic nitrogens is 1. The number of nitrogens with zero attached hydrogens (tertiary/aromatic N) is 2. The second kappa shape index (κ2) is 8.19. The Morgan fingerprint density at radius 1 is 1.00 bits per heavy atom. The lowest BCUT2D eigenvalue weighted by atomic mass is 10.1. The third-order valence-corrected chi connectivity index (χ3v) is 5.31. The molecule has 1 fully saturated rings. The molecule has 1 unspecified atom stereocenters. The molecule has 6 heteroatoms. The van der Waals surface area contributed by atoms with Gasteiger partial charge in [-0.15, -0.1) is 0 Å². The Morgan fingerprint density at radius 2 is 1.68 bits per heavy atom. The first kappa shape index (κ1) is 21.1. The number of hydrogen-bond acceptors (Lipinski definition) is 5. The number of fused-ring (bicyclic) bond motifs is 1. The Morgan fingerprint density at radius 3 is 2.35 bits per heavy atom. The maximum atomic E-state index is 12.9. The Bertz CT molecular complexity index is 1100. The van der Waals surface area contributed by atoms with Crippen molar-refractivity contribution in [3.8, 4) is 0 Å². The smallest absolute Gasteiger partial charge is 0.419 e. The van der Waals surface area contributed by atoms with Crippen molar-refractivity contribution in [2.24, 2.45) is 0 Å². The molecule has 4 rings (SSSR count). The average molecular weight is 421 g/mol. The molecule has 0 spiro atoms. The fourth-order valence-electron chi connectivity index (χ4n) is 4.01. The molecule has 6 nitrogen and oxygen atoms in total. The van der Waals surface area contributed by atoms with E-state index >= 15 is 0 Å². The van der Waals surface area contributed by atoms with E-state index in [1.165, 1.54) is 4.57 Å². The van der Waals surface area contributed by atoms with E-state index in [1.54, 1.807) is 6.20 Å². The molecule has 0 amide bonds. The monoisotopic (exact) mass is 420 g/mol. The molecule has 3 atom stereocenters. The molecule has 2 aromatic carbocycles. The minimum atomic E-state index is -0.602. The van der Waals surface area contributed by atoms with Crippen LogP contribution in [0.25, 0.3) is 10.9 Å². The SMILES string of the molecule is CCOC(=O)[C@@H]1[C@@H](c2cn(C(=O)OC(C)(C)C)c3ccccc23)N1Cc1ccccc1. The second-order valence-corrected chi connectivity index (χ2v) is 8.75. The summed E-state index contributed by atoms with van der Waals surface area (Å²) >= 11 is 0. The third kappa shape index (κ3) is 4.35. The lowest BCUT2D eigenvalue weighted by molar-refractivity contribution is -0.143. The summed E-state index contributed by atoms with van der Waals surface area (Å²) in [5, 5.41) is 0.934. The Hall–Kier alpha value is -3.12. The summed E-state index contributed by atoms with van der Waals surface area (Å²) in [5.74, 6) is -0.238. The summed E-state index contributed by atoms with van der Waals surface area (Å²) in [6.45, 7) is 8.30. The van der Waals surface area contributed by atoms with Crippen molar-refractivity contribution in [2.45, 2.75) is 51.9 Å². The fraction of sp³-hybridized carbons (Fsp3) is 0.360. The molecule has 0 aliphatic carbocycles. The van der Waals surface area contributed by atoms with Gasteiger partial charge >= 0.3 is 12.1 Å². The summed E-state index contributed by atoms with van der Waals surface area (Å²) in [7, 11) is 0. The third-order valence-electron chi connectivity index (χ3n) is 5.31. The van der Waals surface area contributed by atoms with E-state index in [9.17, 15) is 9.59 Å². The van der Waals surface area contributed by atoms with Gasteiger partial charge in [0.1, 0.15) is 11.6 Å². The maximum absolute atomic E-state index is 12.9. The first-order valence-electron chi connectivity index (χ1n) is 10.6. The summed E-state index contributed by atoms with van der Waals surface area (Å²) in [4.78, 5) is 27.7. The predicted octanol–water partition coefficient (Wildman–Crippen LogP) is 4.91. The molecule has 2 heterocycles. The van der Waals surface area contributed by atoms with E-state index < -0.39 is 11.7 Å². The number of hydrogen-bond donors (Lipinski definition) is 0. The molecule has 3 aromatic rings. The quantitative estimate of drug-likeness (QED) is 0.433. The summed E-state index contributed by atoms with van der Waals surface area (Å²) < 4.78 is 12.5. The molecule has 1 saturated heterocycles. The van der Waals surface area contributed by atoms with Gasteiger partial charge in [-0.05, 0) is 44.9 Å². The number of carbonyl (C=O) groups excluding carboxylic acids is 2. The van der Waals surface area contributed by atoms with Crippen LogP contribution in [0.3, 0.4) is 0 Å². The van der Waals surface area contributed by atoms with Crippen LogP contribution in [0, 0.1) is 0 Å². The van der Waals surface area contributed by atoms with Crippen LogP contribution >= 0.6 is 0 Å². The highest BCUT2D eigenvalue weighted by Gasteiger charge is 2.55. The minimum absolute atomic E-state index is 0.159. The molecule has 1 aromatic heterocycles. The van der Waals surface area contributed by atoms with Gasteiger partial charge in [-0.25, -0.2) is 4.79 Å². The number of ether oxygens (including phenoxy) is 2. The van der Waals surface area contributed by atoms with E-state index in [4.69, 9.17) is 9.47 Å². The van der Waals surface area contributed by atoms with Crippen molar-refractivity contribution in [3.63, 3.8) is 0 Å². The van der Waals surface area contributed by atoms with Gasteiger partial charge in [-0.3, -0.25) is 14.3 Å². The Balaban J connectivity index is 1.72. The Labute approximate surface area is 182 Å². The highest BCUT2D eigenvalue weighted by molar-refractivity contribution is 5.94. The molecule has 0 N–H and O–H groups in total. The van der Waals surface area contributed by atoms with E-state index in [0.717, 1.165) is 22.0 Å². The zero-order valence-corrected chi connectivity index (χ0v) is 18.4. The van der Waals surface area contributed by atoms with Crippen LogP contribution in [0.15, 0.2) is 60.8 Å². The highest BCUT2D eigenvalue weighted by atomic mass is 16.6. The zero-order valence-electron chi connectivity index (χ0n) is 18.4. The number of para-hydroxylation sites is 1. The molecule has 1 aliphatic heterocycles. The van der Waals surface area contributed by atoms with Crippen LogP contribution in [0.4, 0.5) is 4.79 Å². The van der Waals surface area contributed by atoms with E-state index in [-0.39, 0.29) is 18.1 Å². The van der Waals surface area contributed by atoms with Gasteiger partial charge in [0.2, 0.25) is 0 Å². The Kier molecular flexibility index (Phi) is 5.58. The zero-order chi connectivity index (χ0) is 22.2. The van der Waals surface area contributed by atoms with Crippen LogP contribution < -0.4 is 0 Å². The van der Waals surface area contributed by atoms with Crippen LogP contribution in [0.1, 0.15) is 44.9 Å². The van der Waals surface area contributed by atoms with Crippen LogP contribution in [-0.2, 0) is 20.8 Å². The maximum Gasteiger partial charge on any atom is 0.419 e. The molecule has 1 aliphatic rings. The molecule has 0 saturated carbocycles. The van der Waals surface area contributed by atoms with Gasteiger partial charge in [-0.2, -0.15) is 0 Å². The number of esters is 1. The molecule has 162 valence electrons. The number of rotatable bonds is 5. The van der Waals surface area contributed by atoms with E-state index in [1.807, 2.05) is 82.3 Å². The molecular weight excluding hydrogens is 392 g/mol. The first-order valence-corrected chi connectivity index (χ1v) is 10.6. The topological polar surface area (TPSA) is 60.5 Å². The van der Waals surface area contributed by atoms with Gasteiger partial charge in [-0.1, -0.05) is 48.5 Å². The van der Waals surface area contributed by atoms with Gasteiger partial charge in [0.05, 0.1) is 18.2 Å². The number of benzene rings is 2. The molecule has 0 bridgehead atoms. The predicted molar refractivity (Wildman–Crippen MR) is 119 cm³/mol. The van der Waals surface area contributed by atoms with Crippen LogP contribution in [0.5, 0.6) is 0 Å². The summed E-state index contributed by atoms with van der Waals surface area (Å²) in [6, 6.07) is 17.2. The van der Waals surface area contributed by atoms with Gasteiger partial charge in [0.25, 0.3) is 0 Å². The van der Waals surface area contributed by atoms with Crippen LogP contribution in [-0.4, -0.2) is 39.8 Å². The van der Waals surface area contributed by atoms with E-state index in [2.05, 4.69) is 4.90 Å². The van der Waals surface area contributed by atoms with Crippen molar-refractivity contribution < 1.29 is 19.1 Å². The first-order chi connectivity index (χ1) is 14.8. The lowest BCUT2D eigenvalue weighted by Crippen LogP contribution is -2.26. The standard InChI is InChI=1S/C25H28N2O4/c1-5-30-23(28)22-21(27(22)15-17-11-7-6-8-12-17)19-16-26(24(29)31-25(2,3)4)20-14-10-9-13-18(19)20/h6-14,16,21-22H,5,15H2,1-4H3/t21-,22+,27?/m1/s1. The minimum Gasteiger partial charge on any atom is -0.465 e. The molecule has 0 radical (unpaired) electrons. The number of carbonyl (C=O) groups is 2. The summed E-state index contributed by atoms with van der Waals surface area (Å²) in [6.07, 6.45) is 1.37. The van der Waals surface area contributed by atoms with Crippen molar-refractivity contribution >= 4 is 23.0 Å². The van der Waals surface area contributed by atoms with Crippen molar-refractivity contribution in [1.82, 2.24) is 9.47 Å². The van der Waals surface area contributed by atoms with Gasteiger partial charge in [0.15, 0.2) is 0 Å². The van der Waals surface area contributed by atoms with Gasteiger partial charge < -0.3 is 9.47 Å². The van der Waals surface area contributed by atoms with Crippen molar-refractivity contribution in [2.75, 3.05) is 6.61 Å². The summed E-state index contributed by atoms with van der Waals surface area (Å²) in [5.41, 5.74) is 2.21. The van der Waals surface area contributed by atoms with Crippen molar-refractivity contribution in [1.29, 1.82) is 0 Å². The van der Waals surface area contributed by atoms with E-state index in [0.29, 0.717) is 13.2 Å². The largest absolute Gasteiger partial charge is 0.465 e. The fourth-order valence-corrected chi connectivity index (χ4v) is 4.01. The molecular formula is C25H28N2O4. The van der Waals surface area contributed by atoms with Crippen molar-refractivity contribution in [3.05, 3.63) is 71.9 Å². The average Bonchev–Trinajstić information content (AvgIpc) is 3.28. The van der Waals surface area contributed by atoms with Crippen LogP contribution in [0.2, 0.25) is 0 Å².